The smallest absolute Gasteiger partial charge is 0.127 e. The Morgan fingerprint density at radius 1 is 0.900 bits per heavy atom. The minimum absolute atomic E-state index is 0.716. The molecule has 0 fully saturated rings. The molecule has 2 aromatic carbocycles. The van der Waals surface area contributed by atoms with Gasteiger partial charge >= 0.3 is 0 Å². The summed E-state index contributed by atoms with van der Waals surface area (Å²) in [6.45, 7) is 5.51. The number of hydrogen-bond donors (Lipinski definition) is 1. The first-order valence-electron chi connectivity index (χ1n) is 7.47. The summed E-state index contributed by atoms with van der Waals surface area (Å²) in [6.07, 6.45) is 2.44. The maximum Gasteiger partial charge on any atom is 0.127 e. The molecule has 0 aliphatic carbocycles. The van der Waals surface area contributed by atoms with Crippen LogP contribution in [0.15, 0.2) is 54.6 Å². The number of hydrogen-bond acceptors (Lipinski definition) is 1. The molecule has 0 saturated heterocycles. The average molecular weight is 270 g/mol. The van der Waals surface area contributed by atoms with E-state index in [9.17, 15) is 0 Å². The van der Waals surface area contributed by atoms with Crippen molar-refractivity contribution in [1.29, 1.82) is 0 Å². The Kier molecular flexibility index (Phi) is 5.63. The molecule has 2 heteroatoms. The molecule has 0 heterocycles. The first-order chi connectivity index (χ1) is 9.81. The van der Waals surface area contributed by atoms with Crippen LogP contribution in [0.4, 0.5) is 0 Å². The SMILES string of the molecule is CCC(CC)[NH2+]Cc1cccc(Oc2ccccc2)c1. The van der Waals surface area contributed by atoms with Gasteiger partial charge < -0.3 is 10.1 Å². The minimum Gasteiger partial charge on any atom is -0.457 e. The van der Waals surface area contributed by atoms with E-state index in [1.807, 2.05) is 36.4 Å². The lowest BCUT2D eigenvalue weighted by atomic mass is 10.1. The highest BCUT2D eigenvalue weighted by Crippen LogP contribution is 2.21. The fourth-order valence-electron chi connectivity index (χ4n) is 2.29. The molecular weight excluding hydrogens is 246 g/mol. The second-order valence-electron chi connectivity index (χ2n) is 5.08. The molecule has 0 radical (unpaired) electrons. The monoisotopic (exact) mass is 270 g/mol. The van der Waals surface area contributed by atoms with Gasteiger partial charge in [0.05, 0.1) is 6.04 Å². The van der Waals surface area contributed by atoms with Crippen LogP contribution < -0.4 is 10.1 Å². The van der Waals surface area contributed by atoms with Crippen molar-refractivity contribution >= 4 is 0 Å². The lowest BCUT2D eigenvalue weighted by Gasteiger charge is -2.12. The van der Waals surface area contributed by atoms with Gasteiger partial charge in [0.15, 0.2) is 0 Å². The summed E-state index contributed by atoms with van der Waals surface area (Å²) in [5.74, 6) is 1.79. The van der Waals surface area contributed by atoms with Gasteiger partial charge in [0.2, 0.25) is 0 Å². The zero-order chi connectivity index (χ0) is 14.2. The number of ether oxygens (including phenoxy) is 1. The standard InChI is InChI=1S/C18H23NO/c1-3-16(4-2)19-14-15-9-8-12-18(13-15)20-17-10-6-5-7-11-17/h5-13,16,19H,3-4,14H2,1-2H3/p+1. The van der Waals surface area contributed by atoms with Gasteiger partial charge in [-0.1, -0.05) is 44.2 Å². The first-order valence-corrected chi connectivity index (χ1v) is 7.47. The van der Waals surface area contributed by atoms with Gasteiger partial charge in [-0.3, -0.25) is 0 Å². The fourth-order valence-corrected chi connectivity index (χ4v) is 2.29. The van der Waals surface area contributed by atoms with Crippen molar-refractivity contribution in [3.05, 3.63) is 60.2 Å². The highest BCUT2D eigenvalue weighted by molar-refractivity contribution is 5.33. The number of quaternary nitrogens is 1. The highest BCUT2D eigenvalue weighted by Gasteiger charge is 2.06. The summed E-state index contributed by atoms with van der Waals surface area (Å²) in [5, 5.41) is 2.42. The molecule has 0 spiro atoms. The predicted molar refractivity (Wildman–Crippen MR) is 83.0 cm³/mol. The molecule has 0 bridgehead atoms. The van der Waals surface area contributed by atoms with Gasteiger partial charge in [0.1, 0.15) is 18.0 Å². The summed E-state index contributed by atoms with van der Waals surface area (Å²) < 4.78 is 5.86. The van der Waals surface area contributed by atoms with Crippen molar-refractivity contribution in [2.75, 3.05) is 0 Å². The summed E-state index contributed by atoms with van der Waals surface area (Å²) in [4.78, 5) is 0. The van der Waals surface area contributed by atoms with Crippen LogP contribution in [0.3, 0.4) is 0 Å². The molecule has 20 heavy (non-hydrogen) atoms. The van der Waals surface area contributed by atoms with Crippen molar-refractivity contribution in [2.24, 2.45) is 0 Å². The summed E-state index contributed by atoms with van der Waals surface area (Å²) in [6, 6.07) is 19.0. The van der Waals surface area contributed by atoms with Crippen LogP contribution >= 0.6 is 0 Å². The molecule has 2 aromatic rings. The quantitative estimate of drug-likeness (QED) is 0.815. The zero-order valence-electron chi connectivity index (χ0n) is 12.4. The maximum atomic E-state index is 5.86. The van der Waals surface area contributed by atoms with Crippen molar-refractivity contribution in [3.63, 3.8) is 0 Å². The fraction of sp³-hybridized carbons (Fsp3) is 0.333. The van der Waals surface area contributed by atoms with E-state index in [2.05, 4.69) is 37.4 Å². The predicted octanol–water partition coefficient (Wildman–Crippen LogP) is 3.73. The Morgan fingerprint density at radius 3 is 2.30 bits per heavy atom. The lowest BCUT2D eigenvalue weighted by Crippen LogP contribution is -2.88. The highest BCUT2D eigenvalue weighted by atomic mass is 16.5. The van der Waals surface area contributed by atoms with Crippen LogP contribution in [0, 0.1) is 0 Å². The van der Waals surface area contributed by atoms with Crippen LogP contribution in [-0.4, -0.2) is 6.04 Å². The average Bonchev–Trinajstić information content (AvgIpc) is 2.50. The van der Waals surface area contributed by atoms with Gasteiger partial charge in [-0.2, -0.15) is 0 Å². The van der Waals surface area contributed by atoms with E-state index in [1.54, 1.807) is 0 Å². The van der Waals surface area contributed by atoms with Crippen molar-refractivity contribution in [1.82, 2.24) is 0 Å². The third-order valence-electron chi connectivity index (χ3n) is 3.61. The second-order valence-corrected chi connectivity index (χ2v) is 5.08. The van der Waals surface area contributed by atoms with Crippen LogP contribution in [0.1, 0.15) is 32.3 Å². The number of benzene rings is 2. The maximum absolute atomic E-state index is 5.86. The molecule has 106 valence electrons. The van der Waals surface area contributed by atoms with E-state index >= 15 is 0 Å². The van der Waals surface area contributed by atoms with E-state index in [0.29, 0.717) is 6.04 Å². The Hall–Kier alpha value is -1.80. The summed E-state index contributed by atoms with van der Waals surface area (Å²) in [7, 11) is 0. The molecule has 0 unspecified atom stereocenters. The van der Waals surface area contributed by atoms with Gasteiger partial charge in [-0.25, -0.2) is 0 Å². The molecular formula is C18H24NO+. The van der Waals surface area contributed by atoms with Crippen molar-refractivity contribution < 1.29 is 10.1 Å². The van der Waals surface area contributed by atoms with Gasteiger partial charge in [0.25, 0.3) is 0 Å². The first kappa shape index (κ1) is 14.6. The van der Waals surface area contributed by atoms with Crippen molar-refractivity contribution in [2.45, 2.75) is 39.3 Å². The minimum atomic E-state index is 0.716. The van der Waals surface area contributed by atoms with Gasteiger partial charge in [-0.05, 0) is 37.1 Å². The van der Waals surface area contributed by atoms with E-state index in [4.69, 9.17) is 4.74 Å². The Balaban J connectivity index is 1.97. The normalized spacial score (nSPS) is 10.8. The topological polar surface area (TPSA) is 25.8 Å². The molecule has 2 nitrogen and oxygen atoms in total. The Morgan fingerprint density at radius 2 is 1.60 bits per heavy atom. The molecule has 0 aromatic heterocycles. The van der Waals surface area contributed by atoms with Crippen LogP contribution in [-0.2, 0) is 6.54 Å². The van der Waals surface area contributed by atoms with Crippen LogP contribution in [0.5, 0.6) is 11.5 Å². The number of rotatable bonds is 7. The molecule has 2 N–H and O–H groups in total. The molecule has 0 aliphatic heterocycles. The van der Waals surface area contributed by atoms with Gasteiger partial charge in [0, 0.05) is 5.56 Å². The zero-order valence-corrected chi connectivity index (χ0v) is 12.4. The Bertz CT molecular complexity index is 506. The number of nitrogens with two attached hydrogens (primary N) is 1. The second kappa shape index (κ2) is 7.71. The third kappa shape index (κ3) is 4.39. The van der Waals surface area contributed by atoms with Crippen molar-refractivity contribution in [3.8, 4) is 11.5 Å². The van der Waals surface area contributed by atoms with E-state index in [0.717, 1.165) is 18.0 Å². The molecule has 0 atom stereocenters. The molecule has 0 amide bonds. The van der Waals surface area contributed by atoms with Crippen LogP contribution in [0.2, 0.25) is 0 Å². The summed E-state index contributed by atoms with van der Waals surface area (Å²) >= 11 is 0. The van der Waals surface area contributed by atoms with E-state index in [-0.39, 0.29) is 0 Å². The van der Waals surface area contributed by atoms with Gasteiger partial charge in [-0.15, -0.1) is 0 Å². The third-order valence-corrected chi connectivity index (χ3v) is 3.61. The van der Waals surface area contributed by atoms with Crippen LogP contribution in [0.25, 0.3) is 0 Å². The number of para-hydroxylation sites is 1. The summed E-state index contributed by atoms with van der Waals surface area (Å²) in [5.41, 5.74) is 1.31. The Labute approximate surface area is 121 Å². The lowest BCUT2D eigenvalue weighted by molar-refractivity contribution is -0.704. The molecule has 0 aliphatic rings. The van der Waals surface area contributed by atoms with E-state index in [1.165, 1.54) is 18.4 Å². The molecule has 0 saturated carbocycles. The van der Waals surface area contributed by atoms with E-state index < -0.39 is 0 Å². The molecule has 2 rings (SSSR count). The largest absolute Gasteiger partial charge is 0.457 e.